The number of carboxylic acid groups (broad SMARTS) is 2. The predicted molar refractivity (Wildman–Crippen MR) is 221 cm³/mol. The lowest BCUT2D eigenvalue weighted by molar-refractivity contribution is -0.150. The van der Waals surface area contributed by atoms with Crippen molar-refractivity contribution in [2.45, 2.75) is 128 Å². The van der Waals surface area contributed by atoms with E-state index in [1.54, 1.807) is 44.2 Å². The molecule has 7 atom stereocenters. The van der Waals surface area contributed by atoms with E-state index in [0.29, 0.717) is 24.8 Å². The van der Waals surface area contributed by atoms with Crippen LogP contribution < -0.4 is 38.1 Å². The van der Waals surface area contributed by atoms with Crippen molar-refractivity contribution in [2.75, 3.05) is 19.6 Å². The van der Waals surface area contributed by atoms with Crippen molar-refractivity contribution in [3.05, 3.63) is 35.9 Å². The smallest absolute Gasteiger partial charge is 0.326 e. The Bertz CT molecular complexity index is 1810. The third-order valence-electron chi connectivity index (χ3n) is 10.6. The fourth-order valence-electron chi connectivity index (χ4n) is 7.42. The summed E-state index contributed by atoms with van der Waals surface area (Å²) in [7, 11) is 0. The van der Waals surface area contributed by atoms with Crippen molar-refractivity contribution in [3.63, 3.8) is 0 Å². The van der Waals surface area contributed by atoms with Crippen LogP contribution in [-0.2, 0) is 54.4 Å². The maximum atomic E-state index is 14.0. The number of benzene rings is 1. The van der Waals surface area contributed by atoms with Crippen LogP contribution in [0.2, 0.25) is 0 Å². The summed E-state index contributed by atoms with van der Waals surface area (Å²) in [6.07, 6.45) is -0.303. The Morgan fingerprint density at radius 3 is 1.89 bits per heavy atom. The first-order valence-electron chi connectivity index (χ1n) is 20.8. The van der Waals surface area contributed by atoms with Crippen LogP contribution in [0.3, 0.4) is 0 Å². The van der Waals surface area contributed by atoms with E-state index in [9.17, 15) is 58.2 Å². The fourth-order valence-corrected chi connectivity index (χ4v) is 7.42. The van der Waals surface area contributed by atoms with Gasteiger partial charge in [0.1, 0.15) is 36.3 Å². The number of nitrogens with zero attached hydrogens (tertiary/aromatic N) is 2. The Kier molecular flexibility index (Phi) is 19.3. The number of amides is 8. The summed E-state index contributed by atoms with van der Waals surface area (Å²) in [5, 5.41) is 31.9. The van der Waals surface area contributed by atoms with E-state index < -0.39 is 120 Å². The zero-order valence-corrected chi connectivity index (χ0v) is 35.6. The molecule has 21 heteroatoms. The minimum Gasteiger partial charge on any atom is -0.481 e. The number of rotatable bonds is 23. The molecule has 2 saturated heterocycles. The molecule has 342 valence electrons. The topological polar surface area (TPSA) is 330 Å². The number of hydrogen-bond acceptors (Lipinski definition) is 11. The number of primary amides is 1. The largest absolute Gasteiger partial charge is 0.481 e. The zero-order valence-electron chi connectivity index (χ0n) is 35.6. The van der Waals surface area contributed by atoms with E-state index in [0.717, 1.165) is 4.90 Å². The van der Waals surface area contributed by atoms with Crippen LogP contribution in [0, 0.1) is 11.8 Å². The van der Waals surface area contributed by atoms with Crippen LogP contribution in [0.5, 0.6) is 0 Å². The quantitative estimate of drug-likeness (QED) is 0.0583. The molecule has 0 spiro atoms. The van der Waals surface area contributed by atoms with E-state index in [-0.39, 0.29) is 51.1 Å². The van der Waals surface area contributed by atoms with Gasteiger partial charge in [-0.15, -0.1) is 0 Å². The SMILES string of the molecule is CC(C)C[C@H](N)C(=O)NCC(=O)N[C@H](C(=O)N1CCC[C@H]1C(=O)N[C@@H](CCC(N)=O)C(=O)N[C@@H](Cc1ccccc1)C(=O)N[C@@H](CC(=O)O)C(=O)N1CCC[C@H]1C(=O)O)C(C)C. The van der Waals surface area contributed by atoms with Gasteiger partial charge in [-0.25, -0.2) is 4.79 Å². The second-order valence-corrected chi connectivity index (χ2v) is 16.4. The molecule has 0 aromatic heterocycles. The number of aliphatic carboxylic acids is 2. The van der Waals surface area contributed by atoms with E-state index in [4.69, 9.17) is 11.5 Å². The Morgan fingerprint density at radius 2 is 1.32 bits per heavy atom. The molecule has 0 aliphatic carbocycles. The minimum atomic E-state index is -1.70. The van der Waals surface area contributed by atoms with Gasteiger partial charge >= 0.3 is 11.9 Å². The molecular weight excluding hydrogens is 811 g/mol. The molecular formula is C41H61N9O12. The lowest BCUT2D eigenvalue weighted by Crippen LogP contribution is -2.60. The summed E-state index contributed by atoms with van der Waals surface area (Å²) in [4.78, 5) is 132. The number of carbonyl (C=O) groups is 10. The molecule has 0 bridgehead atoms. The van der Waals surface area contributed by atoms with Crippen molar-refractivity contribution >= 4 is 59.2 Å². The molecule has 1 aromatic carbocycles. The molecule has 2 heterocycles. The zero-order chi connectivity index (χ0) is 46.3. The molecule has 21 nitrogen and oxygen atoms in total. The average molecular weight is 872 g/mol. The molecule has 8 amide bonds. The molecule has 3 rings (SSSR count). The number of carbonyl (C=O) groups excluding carboxylic acids is 8. The van der Waals surface area contributed by atoms with Crippen LogP contribution in [0.1, 0.15) is 84.6 Å². The van der Waals surface area contributed by atoms with Gasteiger partial charge in [0, 0.05) is 25.9 Å². The highest BCUT2D eigenvalue weighted by Crippen LogP contribution is 2.22. The van der Waals surface area contributed by atoms with E-state index in [2.05, 4.69) is 26.6 Å². The van der Waals surface area contributed by atoms with E-state index in [1.807, 2.05) is 13.8 Å². The molecule has 62 heavy (non-hydrogen) atoms. The monoisotopic (exact) mass is 871 g/mol. The van der Waals surface area contributed by atoms with E-state index >= 15 is 0 Å². The third kappa shape index (κ3) is 15.1. The Morgan fingerprint density at radius 1 is 0.742 bits per heavy atom. The molecule has 2 aliphatic rings. The summed E-state index contributed by atoms with van der Waals surface area (Å²) < 4.78 is 0. The minimum absolute atomic E-state index is 0.0257. The molecule has 1 aromatic rings. The lowest BCUT2D eigenvalue weighted by Gasteiger charge is -2.31. The Hall–Kier alpha value is -6.12. The van der Waals surface area contributed by atoms with Crippen molar-refractivity contribution in [1.82, 2.24) is 36.4 Å². The van der Waals surface area contributed by atoms with Gasteiger partial charge in [-0.1, -0.05) is 58.0 Å². The Balaban J connectivity index is 1.81. The van der Waals surface area contributed by atoms with Gasteiger partial charge in [-0.3, -0.25) is 43.2 Å². The summed E-state index contributed by atoms with van der Waals surface area (Å²) in [6.45, 7) is 6.90. The van der Waals surface area contributed by atoms with Crippen molar-refractivity contribution in [3.8, 4) is 0 Å². The molecule has 2 fully saturated rings. The fraction of sp³-hybridized carbons (Fsp3) is 0.610. The molecule has 11 N–H and O–H groups in total. The van der Waals surface area contributed by atoms with Crippen molar-refractivity contribution < 1.29 is 58.2 Å². The predicted octanol–water partition coefficient (Wildman–Crippen LogP) is -1.88. The van der Waals surface area contributed by atoms with Crippen LogP contribution in [0.4, 0.5) is 0 Å². The van der Waals surface area contributed by atoms with Gasteiger partial charge in [0.15, 0.2) is 0 Å². The first-order chi connectivity index (χ1) is 29.2. The number of carboxylic acids is 2. The second kappa shape index (κ2) is 23.8. The van der Waals surface area contributed by atoms with Crippen molar-refractivity contribution in [2.24, 2.45) is 23.3 Å². The number of nitrogens with two attached hydrogens (primary N) is 2. The first kappa shape index (κ1) is 50.2. The second-order valence-electron chi connectivity index (χ2n) is 16.4. The van der Waals surface area contributed by atoms with Crippen LogP contribution >= 0.6 is 0 Å². The van der Waals surface area contributed by atoms with Gasteiger partial charge in [0.2, 0.25) is 47.3 Å². The Labute approximate surface area is 359 Å². The summed E-state index contributed by atoms with van der Waals surface area (Å²) in [5.74, 6) is -9.23. The highest BCUT2D eigenvalue weighted by atomic mass is 16.4. The standard InChI is InChI=1S/C41H61N9O12/c1-22(2)18-25(42)35(55)44-21-32(52)48-34(23(3)4)40(60)49-16-8-12-29(49)38(58)45-26(14-15-31(43)51)36(56)46-27(19-24-10-6-5-7-11-24)37(57)47-28(20-33(53)54)39(59)50-17-9-13-30(50)41(61)62/h5-7,10-11,22-23,25-30,34H,8-9,12-21,42H2,1-4H3,(H2,43,51)(H,44,55)(H,45,58)(H,46,56)(H,47,57)(H,48,52)(H,53,54)(H,61,62)/t25-,26-,27-,28-,29-,30-,34-/m0/s1. The molecule has 0 radical (unpaired) electrons. The molecule has 2 aliphatic heterocycles. The maximum absolute atomic E-state index is 14.0. The highest BCUT2D eigenvalue weighted by Gasteiger charge is 2.42. The number of hydrogen-bond donors (Lipinski definition) is 9. The van der Waals surface area contributed by atoms with Gasteiger partial charge < -0.3 is 58.1 Å². The van der Waals surface area contributed by atoms with Gasteiger partial charge in [0.05, 0.1) is 19.0 Å². The van der Waals surface area contributed by atoms with Crippen LogP contribution in [-0.4, -0.2) is 141 Å². The van der Waals surface area contributed by atoms with Gasteiger partial charge in [0.25, 0.3) is 0 Å². The average Bonchev–Trinajstić information content (AvgIpc) is 3.91. The van der Waals surface area contributed by atoms with Crippen molar-refractivity contribution in [1.29, 1.82) is 0 Å². The maximum Gasteiger partial charge on any atom is 0.326 e. The molecule has 0 saturated carbocycles. The summed E-state index contributed by atoms with van der Waals surface area (Å²) in [5.41, 5.74) is 11.8. The number of nitrogens with one attached hydrogen (secondary N) is 5. The third-order valence-corrected chi connectivity index (χ3v) is 10.6. The van der Waals surface area contributed by atoms with Gasteiger partial charge in [-0.2, -0.15) is 0 Å². The lowest BCUT2D eigenvalue weighted by atomic mass is 10.0. The van der Waals surface area contributed by atoms with Crippen LogP contribution in [0.25, 0.3) is 0 Å². The molecule has 0 unspecified atom stereocenters. The number of likely N-dealkylation sites (tertiary alicyclic amines) is 2. The van der Waals surface area contributed by atoms with E-state index in [1.165, 1.54) is 4.90 Å². The summed E-state index contributed by atoms with van der Waals surface area (Å²) >= 11 is 0. The highest BCUT2D eigenvalue weighted by molar-refractivity contribution is 5.98. The first-order valence-corrected chi connectivity index (χ1v) is 20.8. The van der Waals surface area contributed by atoms with Gasteiger partial charge in [-0.05, 0) is 55.9 Å². The normalized spacial score (nSPS) is 18.5. The summed E-state index contributed by atoms with van der Waals surface area (Å²) in [6, 6.07) is -0.548. The van der Waals surface area contributed by atoms with Crippen LogP contribution in [0.15, 0.2) is 30.3 Å².